The third kappa shape index (κ3) is 3.11. The van der Waals surface area contributed by atoms with E-state index in [1.54, 1.807) is 6.08 Å². The summed E-state index contributed by atoms with van der Waals surface area (Å²) in [6.45, 7) is 7.57. The molecule has 5 nitrogen and oxygen atoms in total. The van der Waals surface area contributed by atoms with E-state index in [1.807, 2.05) is 51.9 Å². The Morgan fingerprint density at radius 3 is 2.70 bits per heavy atom. The lowest BCUT2D eigenvalue weighted by Gasteiger charge is -2.18. The number of anilines is 2. The van der Waals surface area contributed by atoms with Gasteiger partial charge in [0, 0.05) is 13.1 Å². The molecular formula is C15H21N3O2. The number of ether oxygens (including phenoxy) is 1. The van der Waals surface area contributed by atoms with Crippen LogP contribution in [0.4, 0.5) is 11.4 Å². The Hall–Kier alpha value is -2.01. The van der Waals surface area contributed by atoms with Crippen molar-refractivity contribution in [2.24, 2.45) is 0 Å². The Kier molecular flexibility index (Phi) is 3.72. The SMILES string of the molecule is Cc1c(/C=C/C(=O)OC(C)(C)C)ccc2c1NNN2C. The lowest BCUT2D eigenvalue weighted by atomic mass is 10.0. The highest BCUT2D eigenvalue weighted by Gasteiger charge is 2.18. The van der Waals surface area contributed by atoms with Crippen molar-refractivity contribution >= 4 is 23.4 Å². The number of carbonyl (C=O) groups excluding carboxylic acids is 1. The van der Waals surface area contributed by atoms with Crippen LogP contribution in [0.3, 0.4) is 0 Å². The normalized spacial score (nSPS) is 14.3. The molecule has 1 aromatic carbocycles. The molecule has 0 unspecified atom stereocenters. The Bertz CT molecular complexity index is 559. The standard InChI is InChI=1S/C15H21N3O2/c1-10-11(7-9-13(19)20-15(2,3)4)6-8-12-14(10)16-17-18(12)5/h6-9,16-17H,1-5H3/b9-7+. The first-order valence-electron chi connectivity index (χ1n) is 6.58. The molecule has 0 fully saturated rings. The van der Waals surface area contributed by atoms with E-state index in [2.05, 4.69) is 11.0 Å². The van der Waals surface area contributed by atoms with Gasteiger partial charge >= 0.3 is 5.97 Å². The van der Waals surface area contributed by atoms with Gasteiger partial charge in [-0.3, -0.25) is 5.01 Å². The van der Waals surface area contributed by atoms with Gasteiger partial charge in [0.25, 0.3) is 0 Å². The van der Waals surface area contributed by atoms with Crippen LogP contribution in [0.25, 0.3) is 6.08 Å². The highest BCUT2D eigenvalue weighted by Crippen LogP contribution is 2.33. The van der Waals surface area contributed by atoms with Gasteiger partial charge in [0.05, 0.1) is 11.4 Å². The molecule has 0 saturated carbocycles. The summed E-state index contributed by atoms with van der Waals surface area (Å²) in [4.78, 5) is 11.7. The highest BCUT2D eigenvalue weighted by atomic mass is 16.6. The minimum Gasteiger partial charge on any atom is -0.457 e. The molecule has 20 heavy (non-hydrogen) atoms. The number of nitrogens with one attached hydrogen (secondary N) is 2. The van der Waals surface area contributed by atoms with Crippen molar-refractivity contribution in [1.29, 1.82) is 0 Å². The smallest absolute Gasteiger partial charge is 0.331 e. The van der Waals surface area contributed by atoms with Gasteiger partial charge in [-0.25, -0.2) is 4.79 Å². The number of nitrogens with zero attached hydrogens (tertiary/aromatic N) is 1. The first-order chi connectivity index (χ1) is 9.28. The summed E-state index contributed by atoms with van der Waals surface area (Å²) >= 11 is 0. The molecule has 5 heteroatoms. The maximum absolute atomic E-state index is 11.7. The third-order valence-electron chi connectivity index (χ3n) is 3.00. The van der Waals surface area contributed by atoms with Crippen molar-refractivity contribution in [3.05, 3.63) is 29.3 Å². The van der Waals surface area contributed by atoms with Gasteiger partial charge in [0.1, 0.15) is 5.60 Å². The number of hydrazine groups is 2. The minimum absolute atomic E-state index is 0.333. The second kappa shape index (κ2) is 5.17. The fourth-order valence-electron chi connectivity index (χ4n) is 2.02. The molecule has 1 heterocycles. The Labute approximate surface area is 119 Å². The molecule has 0 spiro atoms. The Morgan fingerprint density at radius 1 is 1.35 bits per heavy atom. The summed E-state index contributed by atoms with van der Waals surface area (Å²) in [7, 11) is 1.94. The van der Waals surface area contributed by atoms with Gasteiger partial charge in [-0.1, -0.05) is 6.07 Å². The van der Waals surface area contributed by atoms with Crippen LogP contribution in [0.15, 0.2) is 18.2 Å². The summed E-state index contributed by atoms with van der Waals surface area (Å²) in [5.74, 6) is -0.333. The topological polar surface area (TPSA) is 53.6 Å². The summed E-state index contributed by atoms with van der Waals surface area (Å²) < 4.78 is 5.25. The Balaban J connectivity index is 2.17. The maximum atomic E-state index is 11.7. The monoisotopic (exact) mass is 275 g/mol. The zero-order chi connectivity index (χ0) is 14.9. The van der Waals surface area contributed by atoms with Crippen LogP contribution >= 0.6 is 0 Å². The largest absolute Gasteiger partial charge is 0.457 e. The van der Waals surface area contributed by atoms with E-state index in [0.717, 1.165) is 22.5 Å². The number of rotatable bonds is 2. The summed E-state index contributed by atoms with van der Waals surface area (Å²) in [5.41, 5.74) is 9.83. The second-order valence-corrected chi connectivity index (χ2v) is 5.84. The zero-order valence-electron chi connectivity index (χ0n) is 12.6. The number of benzene rings is 1. The van der Waals surface area contributed by atoms with E-state index in [4.69, 9.17) is 4.74 Å². The van der Waals surface area contributed by atoms with Crippen LogP contribution < -0.4 is 16.0 Å². The van der Waals surface area contributed by atoms with Crippen molar-refractivity contribution in [3.8, 4) is 0 Å². The molecule has 0 atom stereocenters. The first-order valence-corrected chi connectivity index (χ1v) is 6.58. The van der Waals surface area contributed by atoms with Gasteiger partial charge in [-0.2, -0.15) is 0 Å². The molecule has 0 amide bonds. The van der Waals surface area contributed by atoms with Crippen LogP contribution in [0.5, 0.6) is 0 Å². The van der Waals surface area contributed by atoms with E-state index in [9.17, 15) is 4.79 Å². The van der Waals surface area contributed by atoms with E-state index in [-0.39, 0.29) is 5.97 Å². The number of fused-ring (bicyclic) bond motifs is 1. The maximum Gasteiger partial charge on any atom is 0.331 e. The predicted molar refractivity (Wildman–Crippen MR) is 81.2 cm³/mol. The fourth-order valence-corrected chi connectivity index (χ4v) is 2.02. The number of hydrogen-bond acceptors (Lipinski definition) is 5. The molecule has 0 aliphatic carbocycles. The average molecular weight is 275 g/mol. The molecule has 0 radical (unpaired) electrons. The molecule has 1 aliphatic rings. The molecular weight excluding hydrogens is 254 g/mol. The van der Waals surface area contributed by atoms with Crippen molar-refractivity contribution in [2.45, 2.75) is 33.3 Å². The summed E-state index contributed by atoms with van der Waals surface area (Å²) in [6.07, 6.45) is 3.25. The first kappa shape index (κ1) is 14.4. The second-order valence-electron chi connectivity index (χ2n) is 5.84. The molecule has 108 valence electrons. The summed E-state index contributed by atoms with van der Waals surface area (Å²) in [6, 6.07) is 3.99. The van der Waals surface area contributed by atoms with Gasteiger partial charge in [0.15, 0.2) is 0 Å². The molecule has 2 rings (SSSR count). The summed E-state index contributed by atoms with van der Waals surface area (Å²) in [5, 5.41) is 1.91. The average Bonchev–Trinajstić information content (AvgIpc) is 2.69. The zero-order valence-corrected chi connectivity index (χ0v) is 12.6. The lowest BCUT2D eigenvalue weighted by molar-refractivity contribution is -0.148. The molecule has 1 aromatic rings. The van der Waals surface area contributed by atoms with Gasteiger partial charge in [0.2, 0.25) is 0 Å². The van der Waals surface area contributed by atoms with Crippen LogP contribution in [0.1, 0.15) is 31.9 Å². The highest BCUT2D eigenvalue weighted by molar-refractivity contribution is 5.89. The third-order valence-corrected chi connectivity index (χ3v) is 3.00. The Morgan fingerprint density at radius 2 is 2.05 bits per heavy atom. The van der Waals surface area contributed by atoms with Crippen LogP contribution in [0, 0.1) is 6.92 Å². The van der Waals surface area contributed by atoms with Gasteiger partial charge in [-0.15, -0.1) is 5.53 Å². The van der Waals surface area contributed by atoms with Gasteiger partial charge < -0.3 is 10.2 Å². The number of hydrogen-bond donors (Lipinski definition) is 2. The van der Waals surface area contributed by atoms with E-state index in [1.165, 1.54) is 6.08 Å². The lowest BCUT2D eigenvalue weighted by Crippen LogP contribution is -2.31. The van der Waals surface area contributed by atoms with Gasteiger partial charge in [-0.05, 0) is 51.0 Å². The molecule has 0 bridgehead atoms. The van der Waals surface area contributed by atoms with Crippen LogP contribution in [-0.2, 0) is 9.53 Å². The molecule has 0 saturated heterocycles. The predicted octanol–water partition coefficient (Wildman–Crippen LogP) is 2.63. The molecule has 2 N–H and O–H groups in total. The van der Waals surface area contributed by atoms with Crippen molar-refractivity contribution in [2.75, 3.05) is 17.5 Å². The van der Waals surface area contributed by atoms with Crippen LogP contribution in [0.2, 0.25) is 0 Å². The van der Waals surface area contributed by atoms with E-state index >= 15 is 0 Å². The quantitative estimate of drug-likeness (QED) is 0.642. The molecule has 0 aromatic heterocycles. The van der Waals surface area contributed by atoms with Crippen molar-refractivity contribution < 1.29 is 9.53 Å². The van der Waals surface area contributed by atoms with E-state index < -0.39 is 5.60 Å². The fraction of sp³-hybridized carbons (Fsp3) is 0.400. The molecule has 1 aliphatic heterocycles. The van der Waals surface area contributed by atoms with Crippen molar-refractivity contribution in [3.63, 3.8) is 0 Å². The van der Waals surface area contributed by atoms with Crippen molar-refractivity contribution in [1.82, 2.24) is 5.53 Å². The van der Waals surface area contributed by atoms with Crippen LogP contribution in [-0.4, -0.2) is 18.6 Å². The number of esters is 1. The minimum atomic E-state index is -0.470. The number of carbonyl (C=O) groups is 1. The van der Waals surface area contributed by atoms with E-state index in [0.29, 0.717) is 0 Å².